The Morgan fingerprint density at radius 2 is 1.81 bits per heavy atom. The van der Waals surface area contributed by atoms with Gasteiger partial charge in [0.2, 0.25) is 11.8 Å². The Balaban J connectivity index is 1.75. The highest BCUT2D eigenvalue weighted by Gasteiger charge is 2.25. The van der Waals surface area contributed by atoms with Crippen LogP contribution in [-0.4, -0.2) is 29.3 Å². The Kier molecular flexibility index (Phi) is 8.24. The number of nitrogens with zero attached hydrogens (tertiary/aromatic N) is 1. The van der Waals surface area contributed by atoms with Gasteiger partial charge in [0, 0.05) is 31.2 Å². The number of carbonyl (C=O) groups excluding carboxylic acids is 2. The van der Waals surface area contributed by atoms with E-state index >= 15 is 0 Å². The van der Waals surface area contributed by atoms with E-state index in [2.05, 4.69) is 47.6 Å². The van der Waals surface area contributed by atoms with Crippen molar-refractivity contribution in [2.45, 2.75) is 65.1 Å². The van der Waals surface area contributed by atoms with Crippen molar-refractivity contribution in [2.75, 3.05) is 11.9 Å². The van der Waals surface area contributed by atoms with Crippen LogP contribution in [0.2, 0.25) is 0 Å². The molecule has 5 nitrogen and oxygen atoms in total. The van der Waals surface area contributed by atoms with E-state index in [1.165, 1.54) is 31.7 Å². The fourth-order valence-corrected chi connectivity index (χ4v) is 4.41. The molecule has 0 aromatic heterocycles. The van der Waals surface area contributed by atoms with Gasteiger partial charge >= 0.3 is 0 Å². The average molecular weight is 422 g/mol. The second-order valence-electron chi connectivity index (χ2n) is 8.81. The van der Waals surface area contributed by atoms with Crippen molar-refractivity contribution >= 4 is 17.5 Å². The molecule has 0 unspecified atom stereocenters. The zero-order chi connectivity index (χ0) is 22.2. The van der Waals surface area contributed by atoms with Crippen LogP contribution in [0.25, 0.3) is 0 Å². The van der Waals surface area contributed by atoms with Gasteiger partial charge in [0.05, 0.1) is 6.54 Å². The van der Waals surface area contributed by atoms with Gasteiger partial charge in [-0.3, -0.25) is 14.5 Å². The maximum absolute atomic E-state index is 13.0. The van der Waals surface area contributed by atoms with E-state index in [0.29, 0.717) is 19.0 Å². The molecule has 166 valence electrons. The second-order valence-corrected chi connectivity index (χ2v) is 8.81. The van der Waals surface area contributed by atoms with Gasteiger partial charge in [0.15, 0.2) is 0 Å². The van der Waals surface area contributed by atoms with E-state index in [4.69, 9.17) is 0 Å². The van der Waals surface area contributed by atoms with E-state index in [1.54, 1.807) is 0 Å². The third-order valence-electron chi connectivity index (χ3n) is 6.27. The van der Waals surface area contributed by atoms with Crippen molar-refractivity contribution < 1.29 is 9.59 Å². The van der Waals surface area contributed by atoms with Crippen LogP contribution in [0, 0.1) is 5.92 Å². The third-order valence-corrected chi connectivity index (χ3v) is 6.27. The molecule has 0 bridgehead atoms. The second kappa shape index (κ2) is 11.1. The van der Waals surface area contributed by atoms with Crippen LogP contribution in [0.1, 0.15) is 63.6 Å². The zero-order valence-electron chi connectivity index (χ0n) is 18.9. The standard InChI is InChI=1S/C26H35N3O2/c1-19-10-7-8-15-25(19)28-26(31)18-29(17-22-11-5-4-6-12-22)20(2)23-13-9-14-24(16-23)27-21(3)30/h4-6,9,11-14,16,19-20,25H,7-8,10,15,17-18H2,1-3H3,(H,27,30)(H,28,31)/t19-,20-,25-/m0/s1. The van der Waals surface area contributed by atoms with E-state index in [0.717, 1.165) is 17.7 Å². The van der Waals surface area contributed by atoms with Crippen molar-refractivity contribution in [3.63, 3.8) is 0 Å². The van der Waals surface area contributed by atoms with Gasteiger partial charge in [-0.15, -0.1) is 0 Å². The lowest BCUT2D eigenvalue weighted by molar-refractivity contribution is -0.124. The molecule has 1 fully saturated rings. The molecule has 2 aromatic rings. The highest BCUT2D eigenvalue weighted by molar-refractivity contribution is 5.88. The van der Waals surface area contributed by atoms with E-state index in [1.807, 2.05) is 36.4 Å². The van der Waals surface area contributed by atoms with Gasteiger partial charge in [-0.25, -0.2) is 0 Å². The third kappa shape index (κ3) is 6.93. The van der Waals surface area contributed by atoms with Gasteiger partial charge in [-0.2, -0.15) is 0 Å². The first-order valence-electron chi connectivity index (χ1n) is 11.4. The summed E-state index contributed by atoms with van der Waals surface area (Å²) in [7, 11) is 0. The number of amides is 2. The van der Waals surface area contributed by atoms with Crippen LogP contribution < -0.4 is 10.6 Å². The number of carbonyl (C=O) groups is 2. The maximum Gasteiger partial charge on any atom is 0.234 e. The molecule has 0 aliphatic heterocycles. The number of benzene rings is 2. The first-order valence-corrected chi connectivity index (χ1v) is 11.4. The molecule has 2 aromatic carbocycles. The van der Waals surface area contributed by atoms with Crippen LogP contribution >= 0.6 is 0 Å². The molecular formula is C26H35N3O2. The predicted molar refractivity (Wildman–Crippen MR) is 126 cm³/mol. The SMILES string of the molecule is CC(=O)Nc1cccc([C@H](C)N(CC(=O)N[C@H]2CCCC[C@@H]2C)Cc2ccccc2)c1. The Morgan fingerprint density at radius 3 is 2.52 bits per heavy atom. The number of rotatable bonds is 8. The molecule has 0 heterocycles. The van der Waals surface area contributed by atoms with Crippen molar-refractivity contribution in [3.05, 3.63) is 65.7 Å². The number of nitrogens with one attached hydrogen (secondary N) is 2. The van der Waals surface area contributed by atoms with Gasteiger partial charge in [-0.1, -0.05) is 62.2 Å². The summed E-state index contributed by atoms with van der Waals surface area (Å²) in [4.78, 5) is 26.7. The fourth-order valence-electron chi connectivity index (χ4n) is 4.41. The predicted octanol–water partition coefficient (Wildman–Crippen LogP) is 4.90. The van der Waals surface area contributed by atoms with Crippen molar-refractivity contribution in [1.29, 1.82) is 0 Å². The summed E-state index contributed by atoms with van der Waals surface area (Å²) in [5, 5.41) is 6.14. The molecule has 0 spiro atoms. The molecule has 5 heteroatoms. The van der Waals surface area contributed by atoms with Gasteiger partial charge in [-0.05, 0) is 48.9 Å². The lowest BCUT2D eigenvalue weighted by Gasteiger charge is -2.32. The highest BCUT2D eigenvalue weighted by Crippen LogP contribution is 2.26. The molecule has 2 N–H and O–H groups in total. The monoisotopic (exact) mass is 421 g/mol. The summed E-state index contributed by atoms with van der Waals surface area (Å²) >= 11 is 0. The van der Waals surface area contributed by atoms with Crippen molar-refractivity contribution in [1.82, 2.24) is 10.2 Å². The first-order chi connectivity index (χ1) is 14.9. The maximum atomic E-state index is 13.0. The van der Waals surface area contributed by atoms with Crippen LogP contribution in [-0.2, 0) is 16.1 Å². The van der Waals surface area contributed by atoms with E-state index in [9.17, 15) is 9.59 Å². The molecule has 3 atom stereocenters. The minimum Gasteiger partial charge on any atom is -0.352 e. The van der Waals surface area contributed by atoms with Crippen LogP contribution in [0.5, 0.6) is 0 Å². The lowest BCUT2D eigenvalue weighted by atomic mass is 9.86. The van der Waals surface area contributed by atoms with Gasteiger partial charge in [0.1, 0.15) is 0 Å². The quantitative estimate of drug-likeness (QED) is 0.637. The average Bonchev–Trinajstić information content (AvgIpc) is 2.75. The molecule has 0 saturated heterocycles. The molecule has 1 aliphatic carbocycles. The molecule has 3 rings (SSSR count). The van der Waals surface area contributed by atoms with Gasteiger partial charge in [0.25, 0.3) is 0 Å². The Bertz CT molecular complexity index is 868. The summed E-state index contributed by atoms with van der Waals surface area (Å²) in [6, 6.07) is 18.4. The molecule has 0 radical (unpaired) electrons. The molecule has 1 saturated carbocycles. The number of anilines is 1. The summed E-state index contributed by atoms with van der Waals surface area (Å²) in [5.74, 6) is 0.526. The summed E-state index contributed by atoms with van der Waals surface area (Å²) < 4.78 is 0. The van der Waals surface area contributed by atoms with Crippen LogP contribution in [0.15, 0.2) is 54.6 Å². The Morgan fingerprint density at radius 1 is 1.06 bits per heavy atom. The lowest BCUT2D eigenvalue weighted by Crippen LogP contribution is -2.46. The molecule has 1 aliphatic rings. The number of hydrogen-bond donors (Lipinski definition) is 2. The van der Waals surface area contributed by atoms with E-state index in [-0.39, 0.29) is 23.9 Å². The zero-order valence-corrected chi connectivity index (χ0v) is 18.9. The topological polar surface area (TPSA) is 61.4 Å². The minimum absolute atomic E-state index is 0.0171. The summed E-state index contributed by atoms with van der Waals surface area (Å²) in [6.07, 6.45) is 4.70. The Labute approximate surface area is 186 Å². The van der Waals surface area contributed by atoms with Crippen molar-refractivity contribution in [3.8, 4) is 0 Å². The van der Waals surface area contributed by atoms with E-state index < -0.39 is 0 Å². The largest absolute Gasteiger partial charge is 0.352 e. The van der Waals surface area contributed by atoms with Crippen molar-refractivity contribution in [2.24, 2.45) is 5.92 Å². The summed E-state index contributed by atoms with van der Waals surface area (Å²) in [5.41, 5.74) is 3.02. The first kappa shape index (κ1) is 23.0. The van der Waals surface area contributed by atoms with Crippen LogP contribution in [0.4, 0.5) is 5.69 Å². The Hall–Kier alpha value is -2.66. The number of hydrogen-bond acceptors (Lipinski definition) is 3. The molecule has 31 heavy (non-hydrogen) atoms. The fraction of sp³-hybridized carbons (Fsp3) is 0.462. The minimum atomic E-state index is -0.0908. The molecule has 2 amide bonds. The van der Waals surface area contributed by atoms with Gasteiger partial charge < -0.3 is 10.6 Å². The summed E-state index contributed by atoms with van der Waals surface area (Å²) in [6.45, 7) is 6.88. The van der Waals surface area contributed by atoms with Crippen LogP contribution in [0.3, 0.4) is 0 Å². The smallest absolute Gasteiger partial charge is 0.234 e. The molecular weight excluding hydrogens is 386 g/mol. The normalized spacial score (nSPS) is 19.6. The highest BCUT2D eigenvalue weighted by atomic mass is 16.2.